The van der Waals surface area contributed by atoms with Gasteiger partial charge in [0.05, 0.1) is 0 Å². The number of nitrogens with zero attached hydrogens (tertiary/aromatic N) is 2. The van der Waals surface area contributed by atoms with Crippen LogP contribution < -0.4 is 5.43 Å². The van der Waals surface area contributed by atoms with Crippen LogP contribution in [-0.4, -0.2) is 23.9 Å². The van der Waals surface area contributed by atoms with E-state index in [1.807, 2.05) is 6.34 Å². The minimum atomic E-state index is 0.440. The summed E-state index contributed by atoms with van der Waals surface area (Å²) in [5.74, 6) is 0. The Hall–Kier alpha value is -0.730. The van der Waals surface area contributed by atoms with Crippen LogP contribution in [0.5, 0.6) is 0 Å². The van der Waals surface area contributed by atoms with Crippen LogP contribution in [0.25, 0.3) is 0 Å². The molecule has 0 saturated carbocycles. The zero-order chi connectivity index (χ0) is 6.69. The number of hydrogen-bond acceptors (Lipinski definition) is 3. The molecule has 0 aromatic heterocycles. The van der Waals surface area contributed by atoms with E-state index in [0.717, 1.165) is 13.0 Å². The van der Waals surface area contributed by atoms with Crippen molar-refractivity contribution in [3.63, 3.8) is 0 Å². The molecule has 0 fully saturated rings. The summed E-state index contributed by atoms with van der Waals surface area (Å²) in [6, 6.07) is 0. The maximum atomic E-state index is 3.94. The van der Waals surface area contributed by atoms with Gasteiger partial charge in [0, 0.05) is 6.54 Å². The third-order valence-electron chi connectivity index (χ3n) is 1.58. The molecule has 0 spiro atoms. The first-order valence-electron chi connectivity index (χ1n) is 3.43. The number of hydrogen-bond donors (Lipinski definition) is 1. The fourth-order valence-electron chi connectivity index (χ4n) is 0.976. The molecule has 52 valence electrons. The van der Waals surface area contributed by atoms with E-state index in [2.05, 4.69) is 29.3 Å². The third kappa shape index (κ3) is 1.15. The molecule has 0 bridgehead atoms. The molecule has 1 rings (SSSR count). The first-order valence-corrected chi connectivity index (χ1v) is 3.43. The Morgan fingerprint density at radius 1 is 1.67 bits per heavy atom. The molecule has 1 N–H and O–H groups in total. The zero-order valence-corrected chi connectivity index (χ0v) is 5.96. The monoisotopic (exact) mass is 127 g/mol. The highest BCUT2D eigenvalue weighted by molar-refractivity contribution is 5.56. The normalized spacial score (nSPS) is 24.7. The molecular weight excluding hydrogens is 114 g/mol. The highest BCUT2D eigenvalue weighted by Crippen LogP contribution is 2.01. The maximum Gasteiger partial charge on any atom is 0.116 e. The van der Waals surface area contributed by atoms with Gasteiger partial charge in [-0.3, -0.25) is 5.43 Å². The van der Waals surface area contributed by atoms with Gasteiger partial charge in [-0.2, -0.15) is 5.10 Å². The molecule has 0 aromatic carbocycles. The topological polar surface area (TPSA) is 27.6 Å². The second kappa shape index (κ2) is 2.71. The van der Waals surface area contributed by atoms with Gasteiger partial charge in [0.25, 0.3) is 0 Å². The Labute approximate surface area is 55.7 Å². The van der Waals surface area contributed by atoms with Gasteiger partial charge < -0.3 is 4.90 Å². The number of nitrogens with one attached hydrogen (secondary N) is 1. The summed E-state index contributed by atoms with van der Waals surface area (Å²) >= 11 is 0. The molecule has 0 amide bonds. The summed E-state index contributed by atoms with van der Waals surface area (Å²) in [7, 11) is 0. The van der Waals surface area contributed by atoms with E-state index in [-0.39, 0.29) is 0 Å². The van der Waals surface area contributed by atoms with Gasteiger partial charge >= 0.3 is 0 Å². The van der Waals surface area contributed by atoms with E-state index < -0.39 is 0 Å². The lowest BCUT2D eigenvalue weighted by atomic mass is 10.3. The average molecular weight is 127 g/mol. The minimum Gasteiger partial charge on any atom is -0.340 e. The summed E-state index contributed by atoms with van der Waals surface area (Å²) in [5, 5.41) is 3.94. The van der Waals surface area contributed by atoms with E-state index in [1.165, 1.54) is 0 Å². The molecule has 1 aliphatic rings. The van der Waals surface area contributed by atoms with Gasteiger partial charge in [-0.1, -0.05) is 6.92 Å². The summed E-state index contributed by atoms with van der Waals surface area (Å²) < 4.78 is 0. The minimum absolute atomic E-state index is 0.440. The van der Waals surface area contributed by atoms with Crippen LogP contribution in [0.2, 0.25) is 0 Å². The van der Waals surface area contributed by atoms with Crippen LogP contribution >= 0.6 is 0 Å². The largest absolute Gasteiger partial charge is 0.340 e. The zero-order valence-electron chi connectivity index (χ0n) is 5.96. The van der Waals surface area contributed by atoms with Crippen molar-refractivity contribution in [2.45, 2.75) is 26.4 Å². The predicted octanol–water partition coefficient (Wildman–Crippen LogP) is 0.591. The van der Waals surface area contributed by atoms with Crippen LogP contribution in [0, 0.1) is 0 Å². The van der Waals surface area contributed by atoms with Crippen LogP contribution in [0.15, 0.2) is 5.10 Å². The Morgan fingerprint density at radius 3 is 2.89 bits per heavy atom. The van der Waals surface area contributed by atoms with Gasteiger partial charge in [-0.05, 0) is 13.3 Å². The number of rotatable bonds is 2. The van der Waals surface area contributed by atoms with Crippen LogP contribution in [0.1, 0.15) is 20.3 Å². The first kappa shape index (κ1) is 6.39. The Morgan fingerprint density at radius 2 is 2.44 bits per heavy atom. The second-order valence-corrected chi connectivity index (χ2v) is 2.13. The van der Waals surface area contributed by atoms with Crippen molar-refractivity contribution in [3.05, 3.63) is 0 Å². The quantitative estimate of drug-likeness (QED) is 0.588. The molecule has 0 aromatic rings. The molecule has 1 heterocycles. The molecule has 3 heteroatoms. The molecule has 0 saturated heterocycles. The van der Waals surface area contributed by atoms with Gasteiger partial charge in [0.2, 0.25) is 0 Å². The number of hydrazone groups is 1. The smallest absolute Gasteiger partial charge is 0.116 e. The van der Waals surface area contributed by atoms with E-state index in [0.29, 0.717) is 6.17 Å². The maximum absolute atomic E-state index is 3.94. The Balaban J connectivity index is 2.39. The second-order valence-electron chi connectivity index (χ2n) is 2.13. The SMILES string of the molecule is CCC1NN=CN1CC. The van der Waals surface area contributed by atoms with E-state index in [9.17, 15) is 0 Å². The lowest BCUT2D eigenvalue weighted by Gasteiger charge is -2.19. The van der Waals surface area contributed by atoms with Crippen molar-refractivity contribution >= 4 is 6.34 Å². The molecule has 1 unspecified atom stereocenters. The lowest BCUT2D eigenvalue weighted by molar-refractivity contribution is 0.309. The van der Waals surface area contributed by atoms with Gasteiger partial charge in [-0.25, -0.2) is 0 Å². The first-order chi connectivity index (χ1) is 4.38. The van der Waals surface area contributed by atoms with Crippen molar-refractivity contribution in [1.29, 1.82) is 0 Å². The molecule has 3 nitrogen and oxygen atoms in total. The van der Waals surface area contributed by atoms with Crippen molar-refractivity contribution in [2.24, 2.45) is 5.10 Å². The summed E-state index contributed by atoms with van der Waals surface area (Å²) in [4.78, 5) is 2.18. The fraction of sp³-hybridized carbons (Fsp3) is 0.833. The summed E-state index contributed by atoms with van der Waals surface area (Å²) in [5.41, 5.74) is 3.00. The van der Waals surface area contributed by atoms with Crippen molar-refractivity contribution in [2.75, 3.05) is 6.54 Å². The third-order valence-corrected chi connectivity index (χ3v) is 1.58. The molecule has 9 heavy (non-hydrogen) atoms. The molecule has 0 aliphatic carbocycles. The standard InChI is InChI=1S/C6H13N3/c1-3-6-8-7-5-9(6)4-2/h5-6,8H,3-4H2,1-2H3. The van der Waals surface area contributed by atoms with Crippen molar-refractivity contribution in [1.82, 2.24) is 10.3 Å². The molecule has 0 radical (unpaired) electrons. The average Bonchev–Trinajstić information content (AvgIpc) is 2.33. The fourth-order valence-corrected chi connectivity index (χ4v) is 0.976. The highest BCUT2D eigenvalue weighted by Gasteiger charge is 2.14. The van der Waals surface area contributed by atoms with E-state index in [1.54, 1.807) is 0 Å². The highest BCUT2D eigenvalue weighted by atomic mass is 15.5. The summed E-state index contributed by atoms with van der Waals surface area (Å²) in [6.07, 6.45) is 3.40. The van der Waals surface area contributed by atoms with E-state index in [4.69, 9.17) is 0 Å². The van der Waals surface area contributed by atoms with Gasteiger partial charge in [0.1, 0.15) is 12.5 Å². The molecular formula is C6H13N3. The Bertz CT molecular complexity index is 111. The predicted molar refractivity (Wildman–Crippen MR) is 38.1 cm³/mol. The molecule has 1 atom stereocenters. The van der Waals surface area contributed by atoms with Crippen LogP contribution in [0.3, 0.4) is 0 Å². The van der Waals surface area contributed by atoms with Gasteiger partial charge in [-0.15, -0.1) is 0 Å². The van der Waals surface area contributed by atoms with Gasteiger partial charge in [0.15, 0.2) is 0 Å². The van der Waals surface area contributed by atoms with Crippen molar-refractivity contribution in [3.8, 4) is 0 Å². The van der Waals surface area contributed by atoms with Crippen LogP contribution in [0.4, 0.5) is 0 Å². The van der Waals surface area contributed by atoms with E-state index >= 15 is 0 Å². The van der Waals surface area contributed by atoms with Crippen LogP contribution in [-0.2, 0) is 0 Å². The van der Waals surface area contributed by atoms with Crippen molar-refractivity contribution < 1.29 is 0 Å². The summed E-state index contributed by atoms with van der Waals surface area (Å²) in [6.45, 7) is 5.31. The molecule has 1 aliphatic heterocycles. The lowest BCUT2D eigenvalue weighted by Crippen LogP contribution is -2.35. The Kier molecular flexibility index (Phi) is 1.92.